The smallest absolute Gasteiger partial charge is 0.255 e. The van der Waals surface area contributed by atoms with Gasteiger partial charge in [0.15, 0.2) is 0 Å². The highest BCUT2D eigenvalue weighted by Gasteiger charge is 2.32. The fourth-order valence-electron chi connectivity index (χ4n) is 1.87. The lowest BCUT2D eigenvalue weighted by atomic mass is 10.1. The molecule has 2 nitrogen and oxygen atoms in total. The van der Waals surface area contributed by atoms with Crippen LogP contribution in [0.2, 0.25) is 0 Å². The van der Waals surface area contributed by atoms with E-state index in [-0.39, 0.29) is 5.91 Å². The first-order valence-electron chi connectivity index (χ1n) is 5.81. The molecule has 0 aromatic heterocycles. The zero-order chi connectivity index (χ0) is 12.4. The molecule has 1 aliphatic carbocycles. The summed E-state index contributed by atoms with van der Waals surface area (Å²) in [5, 5.41) is 0. The van der Waals surface area contributed by atoms with Gasteiger partial charge in [0.1, 0.15) is 0 Å². The maximum Gasteiger partial charge on any atom is 0.255 e. The lowest BCUT2D eigenvalue weighted by Crippen LogP contribution is -2.33. The van der Waals surface area contributed by atoms with Gasteiger partial charge >= 0.3 is 0 Å². The molecule has 1 aliphatic rings. The summed E-state index contributed by atoms with van der Waals surface area (Å²) in [7, 11) is 0. The minimum atomic E-state index is 0.0966. The van der Waals surface area contributed by atoms with Crippen LogP contribution in [-0.4, -0.2) is 23.4 Å². The maximum atomic E-state index is 12.4. The van der Waals surface area contributed by atoms with E-state index in [0.717, 1.165) is 28.4 Å². The number of rotatable bonds is 4. The average Bonchev–Trinajstić information content (AvgIpc) is 3.09. The minimum Gasteiger partial charge on any atom is -0.332 e. The van der Waals surface area contributed by atoms with Crippen LogP contribution < -0.4 is 0 Å². The molecule has 3 heteroatoms. The van der Waals surface area contributed by atoms with Gasteiger partial charge in [0, 0.05) is 17.1 Å². The highest BCUT2D eigenvalue weighted by Crippen LogP contribution is 2.29. The lowest BCUT2D eigenvalue weighted by molar-refractivity contribution is 0.0762. The molecule has 1 fully saturated rings. The number of carbonyl (C=O) groups is 1. The number of nitrogens with zero attached hydrogens (tertiary/aromatic N) is 1. The van der Waals surface area contributed by atoms with Crippen LogP contribution in [0.5, 0.6) is 0 Å². The lowest BCUT2D eigenvalue weighted by Gasteiger charge is -2.21. The van der Waals surface area contributed by atoms with E-state index in [2.05, 4.69) is 22.5 Å². The van der Waals surface area contributed by atoms with E-state index in [1.807, 2.05) is 30.0 Å². The van der Waals surface area contributed by atoms with E-state index in [0.29, 0.717) is 12.6 Å². The highest BCUT2D eigenvalue weighted by molar-refractivity contribution is 9.10. The summed E-state index contributed by atoms with van der Waals surface area (Å²) in [6.07, 6.45) is 4.02. The van der Waals surface area contributed by atoms with Gasteiger partial charge in [-0.25, -0.2) is 0 Å². The Kier molecular flexibility index (Phi) is 3.67. The molecule has 17 heavy (non-hydrogen) atoms. The largest absolute Gasteiger partial charge is 0.332 e. The zero-order valence-corrected chi connectivity index (χ0v) is 11.5. The van der Waals surface area contributed by atoms with Gasteiger partial charge in [-0.05, 0) is 53.4 Å². The third-order valence-electron chi connectivity index (χ3n) is 2.93. The molecule has 1 amide bonds. The molecule has 0 atom stereocenters. The topological polar surface area (TPSA) is 20.3 Å². The van der Waals surface area contributed by atoms with Crippen LogP contribution in [0, 0.1) is 6.92 Å². The number of hydrogen-bond acceptors (Lipinski definition) is 1. The van der Waals surface area contributed by atoms with Crippen molar-refractivity contribution in [1.29, 1.82) is 0 Å². The molecule has 2 rings (SSSR count). The summed E-state index contributed by atoms with van der Waals surface area (Å²) in [5.74, 6) is 0.0966. The van der Waals surface area contributed by atoms with Gasteiger partial charge in [-0.3, -0.25) is 4.79 Å². The van der Waals surface area contributed by atoms with Crippen molar-refractivity contribution in [2.45, 2.75) is 25.8 Å². The standard InChI is InChI=1S/C14H16BrNO/c1-3-8-16(11-5-6-11)14(17)12-7-4-10(2)9-13(12)15/h3-4,7,9,11H,1,5-6,8H2,2H3. The van der Waals surface area contributed by atoms with Crippen LogP contribution >= 0.6 is 15.9 Å². The molecule has 0 saturated heterocycles. The Morgan fingerprint density at radius 1 is 1.59 bits per heavy atom. The van der Waals surface area contributed by atoms with Crippen LogP contribution in [-0.2, 0) is 0 Å². The second-order valence-electron chi connectivity index (χ2n) is 4.46. The Morgan fingerprint density at radius 2 is 2.29 bits per heavy atom. The fourth-order valence-corrected chi connectivity index (χ4v) is 2.53. The van der Waals surface area contributed by atoms with Crippen molar-refractivity contribution >= 4 is 21.8 Å². The predicted octanol–water partition coefficient (Wildman–Crippen LogP) is 3.55. The van der Waals surface area contributed by atoms with Crippen LogP contribution in [0.1, 0.15) is 28.8 Å². The number of halogens is 1. The van der Waals surface area contributed by atoms with Gasteiger partial charge < -0.3 is 4.90 Å². The molecule has 0 spiro atoms. The van der Waals surface area contributed by atoms with E-state index in [1.54, 1.807) is 6.08 Å². The maximum absolute atomic E-state index is 12.4. The summed E-state index contributed by atoms with van der Waals surface area (Å²) in [4.78, 5) is 14.3. The van der Waals surface area contributed by atoms with Crippen LogP contribution in [0.25, 0.3) is 0 Å². The number of carbonyl (C=O) groups excluding carboxylic acids is 1. The Morgan fingerprint density at radius 3 is 2.82 bits per heavy atom. The molecular formula is C14H16BrNO. The fraction of sp³-hybridized carbons (Fsp3) is 0.357. The van der Waals surface area contributed by atoms with Gasteiger partial charge in [-0.15, -0.1) is 6.58 Å². The Labute approximate surface area is 110 Å². The summed E-state index contributed by atoms with van der Waals surface area (Å²) in [6.45, 7) is 6.36. The van der Waals surface area contributed by atoms with Crippen LogP contribution in [0.15, 0.2) is 35.3 Å². The molecule has 0 heterocycles. The molecule has 0 bridgehead atoms. The van der Waals surface area contributed by atoms with Gasteiger partial charge in [-0.2, -0.15) is 0 Å². The molecule has 1 aromatic carbocycles. The quantitative estimate of drug-likeness (QED) is 0.778. The summed E-state index contributed by atoms with van der Waals surface area (Å²) >= 11 is 3.46. The summed E-state index contributed by atoms with van der Waals surface area (Å²) in [5.41, 5.74) is 1.89. The van der Waals surface area contributed by atoms with Crippen LogP contribution in [0.3, 0.4) is 0 Å². The third-order valence-corrected chi connectivity index (χ3v) is 3.59. The van der Waals surface area contributed by atoms with E-state index in [1.165, 1.54) is 0 Å². The monoisotopic (exact) mass is 293 g/mol. The van der Waals surface area contributed by atoms with Crippen molar-refractivity contribution in [3.63, 3.8) is 0 Å². The van der Waals surface area contributed by atoms with Crippen molar-refractivity contribution in [2.75, 3.05) is 6.54 Å². The Bertz CT molecular complexity index is 452. The van der Waals surface area contributed by atoms with Gasteiger partial charge in [0.2, 0.25) is 0 Å². The Hall–Kier alpha value is -1.09. The molecule has 0 unspecified atom stereocenters. The molecule has 0 aliphatic heterocycles. The molecular weight excluding hydrogens is 278 g/mol. The van der Waals surface area contributed by atoms with Crippen molar-refractivity contribution < 1.29 is 4.79 Å². The van der Waals surface area contributed by atoms with Gasteiger partial charge in [0.05, 0.1) is 5.56 Å². The molecule has 0 radical (unpaired) electrons. The van der Waals surface area contributed by atoms with E-state index < -0.39 is 0 Å². The average molecular weight is 294 g/mol. The first-order chi connectivity index (χ1) is 8.13. The van der Waals surface area contributed by atoms with Crippen molar-refractivity contribution in [1.82, 2.24) is 4.90 Å². The zero-order valence-electron chi connectivity index (χ0n) is 9.95. The highest BCUT2D eigenvalue weighted by atomic mass is 79.9. The summed E-state index contributed by atoms with van der Waals surface area (Å²) in [6, 6.07) is 6.25. The number of hydrogen-bond donors (Lipinski definition) is 0. The van der Waals surface area contributed by atoms with E-state index >= 15 is 0 Å². The molecule has 1 aromatic rings. The normalized spacial score (nSPS) is 14.5. The van der Waals surface area contributed by atoms with Crippen molar-refractivity contribution in [3.05, 3.63) is 46.5 Å². The molecule has 0 N–H and O–H groups in total. The van der Waals surface area contributed by atoms with E-state index in [4.69, 9.17) is 0 Å². The van der Waals surface area contributed by atoms with Gasteiger partial charge in [0.25, 0.3) is 5.91 Å². The molecule has 1 saturated carbocycles. The van der Waals surface area contributed by atoms with E-state index in [9.17, 15) is 4.79 Å². The Balaban J connectivity index is 2.24. The number of amides is 1. The number of aryl methyl sites for hydroxylation is 1. The minimum absolute atomic E-state index is 0.0966. The third kappa shape index (κ3) is 2.78. The molecule has 90 valence electrons. The second-order valence-corrected chi connectivity index (χ2v) is 5.32. The SMILES string of the molecule is C=CCN(C(=O)c1ccc(C)cc1Br)C1CC1. The second kappa shape index (κ2) is 5.05. The predicted molar refractivity (Wildman–Crippen MR) is 73.1 cm³/mol. The van der Waals surface area contributed by atoms with Crippen molar-refractivity contribution in [2.24, 2.45) is 0 Å². The number of benzene rings is 1. The van der Waals surface area contributed by atoms with Crippen molar-refractivity contribution in [3.8, 4) is 0 Å². The first kappa shape index (κ1) is 12.4. The van der Waals surface area contributed by atoms with Gasteiger partial charge in [-0.1, -0.05) is 12.1 Å². The first-order valence-corrected chi connectivity index (χ1v) is 6.61. The van der Waals surface area contributed by atoms with Crippen LogP contribution in [0.4, 0.5) is 0 Å². The summed E-state index contributed by atoms with van der Waals surface area (Å²) < 4.78 is 0.872.